The van der Waals surface area contributed by atoms with Crippen molar-refractivity contribution in [3.63, 3.8) is 0 Å². The summed E-state index contributed by atoms with van der Waals surface area (Å²) in [6.45, 7) is 3.09. The number of ether oxygens (including phenoxy) is 1. The summed E-state index contributed by atoms with van der Waals surface area (Å²) in [5.74, 6) is -0.408. The van der Waals surface area contributed by atoms with Gasteiger partial charge in [-0.15, -0.1) is 11.3 Å². The van der Waals surface area contributed by atoms with E-state index in [9.17, 15) is 9.59 Å². The normalized spacial score (nSPS) is 9.80. The van der Waals surface area contributed by atoms with Crippen LogP contribution in [0, 0.1) is 11.3 Å². The number of nitrogens with zero attached hydrogens (tertiary/aromatic N) is 1. The molecule has 1 heterocycles. The monoisotopic (exact) mass is 295 g/mol. The highest BCUT2D eigenvalue weighted by Crippen LogP contribution is 2.21. The van der Waals surface area contributed by atoms with E-state index in [0.717, 1.165) is 0 Å². The van der Waals surface area contributed by atoms with Crippen molar-refractivity contribution < 1.29 is 14.3 Å². The number of carbonyl (C=O) groups excluding carboxylic acids is 2. The molecule has 108 valence electrons. The second-order valence-electron chi connectivity index (χ2n) is 3.88. The van der Waals surface area contributed by atoms with Gasteiger partial charge in [-0.25, -0.2) is 0 Å². The maximum Gasteiger partial charge on any atom is 0.307 e. The number of carbonyl (C=O) groups is 2. The lowest BCUT2D eigenvalue weighted by Crippen LogP contribution is -2.24. The Morgan fingerprint density at radius 2 is 2.15 bits per heavy atom. The van der Waals surface area contributed by atoms with Gasteiger partial charge in [0.1, 0.15) is 11.1 Å². The summed E-state index contributed by atoms with van der Waals surface area (Å²) in [5, 5.41) is 16.8. The largest absolute Gasteiger partial charge is 0.466 e. The van der Waals surface area contributed by atoms with Crippen molar-refractivity contribution in [2.45, 2.75) is 19.8 Å². The molecule has 0 saturated heterocycles. The van der Waals surface area contributed by atoms with Crippen LogP contribution >= 0.6 is 11.3 Å². The fraction of sp³-hybridized carbons (Fsp3) is 0.462. The molecule has 6 nitrogen and oxygen atoms in total. The Labute approximate surface area is 121 Å². The molecule has 2 N–H and O–H groups in total. The van der Waals surface area contributed by atoms with Gasteiger partial charge in [0.25, 0.3) is 0 Å². The van der Waals surface area contributed by atoms with Gasteiger partial charge in [0, 0.05) is 19.5 Å². The molecule has 0 aromatic carbocycles. The first-order valence-corrected chi connectivity index (χ1v) is 7.19. The van der Waals surface area contributed by atoms with Crippen LogP contribution in [0.4, 0.5) is 5.00 Å². The van der Waals surface area contributed by atoms with Crippen LogP contribution in [0.1, 0.15) is 25.3 Å². The Bertz CT molecular complexity index is 493. The maximum atomic E-state index is 11.6. The van der Waals surface area contributed by atoms with E-state index in [1.807, 2.05) is 6.07 Å². The average molecular weight is 295 g/mol. The lowest BCUT2D eigenvalue weighted by molar-refractivity contribution is -0.142. The van der Waals surface area contributed by atoms with E-state index < -0.39 is 0 Å². The van der Waals surface area contributed by atoms with Gasteiger partial charge in [-0.2, -0.15) is 5.26 Å². The van der Waals surface area contributed by atoms with E-state index >= 15 is 0 Å². The van der Waals surface area contributed by atoms with Crippen LogP contribution in [0.25, 0.3) is 0 Å². The molecule has 20 heavy (non-hydrogen) atoms. The zero-order chi connectivity index (χ0) is 14.8. The minimum Gasteiger partial charge on any atom is -0.466 e. The molecular formula is C13H17N3O3S. The van der Waals surface area contributed by atoms with E-state index in [0.29, 0.717) is 36.7 Å². The predicted molar refractivity (Wildman–Crippen MR) is 76.4 cm³/mol. The molecule has 0 bridgehead atoms. The van der Waals surface area contributed by atoms with Crippen molar-refractivity contribution in [1.82, 2.24) is 5.32 Å². The van der Waals surface area contributed by atoms with E-state index in [2.05, 4.69) is 10.6 Å². The molecule has 0 spiro atoms. The third-order valence-corrected chi connectivity index (χ3v) is 3.21. The molecule has 0 aliphatic rings. The summed E-state index contributed by atoms with van der Waals surface area (Å²) in [4.78, 5) is 22.7. The van der Waals surface area contributed by atoms with Crippen LogP contribution < -0.4 is 10.6 Å². The molecule has 0 radical (unpaired) electrons. The predicted octanol–water partition coefficient (Wildman–Crippen LogP) is 1.49. The molecule has 0 aliphatic heterocycles. The molecule has 1 amide bonds. The smallest absolute Gasteiger partial charge is 0.307 e. The highest BCUT2D eigenvalue weighted by molar-refractivity contribution is 7.14. The fourth-order valence-electron chi connectivity index (χ4n) is 1.43. The number of amides is 1. The van der Waals surface area contributed by atoms with Gasteiger partial charge in [0.05, 0.1) is 18.6 Å². The maximum absolute atomic E-state index is 11.6. The SMILES string of the molecule is CCOC(=O)CCNCCC(=O)Nc1sccc1C#N. The van der Waals surface area contributed by atoms with Gasteiger partial charge in [0.2, 0.25) is 5.91 Å². The molecule has 7 heteroatoms. The summed E-state index contributed by atoms with van der Waals surface area (Å²) < 4.78 is 4.78. The molecule has 0 fully saturated rings. The number of hydrogen-bond acceptors (Lipinski definition) is 6. The van der Waals surface area contributed by atoms with Crippen molar-refractivity contribution in [3.05, 3.63) is 17.0 Å². The van der Waals surface area contributed by atoms with Crippen molar-refractivity contribution in [3.8, 4) is 6.07 Å². The number of esters is 1. The van der Waals surface area contributed by atoms with Crippen LogP contribution in [0.3, 0.4) is 0 Å². The zero-order valence-corrected chi connectivity index (χ0v) is 12.1. The first kappa shape index (κ1) is 16.1. The van der Waals surface area contributed by atoms with Crippen molar-refractivity contribution >= 4 is 28.2 Å². The second kappa shape index (κ2) is 9.07. The van der Waals surface area contributed by atoms with E-state index in [1.54, 1.807) is 18.4 Å². The summed E-state index contributed by atoms with van der Waals surface area (Å²) in [6, 6.07) is 3.67. The minimum absolute atomic E-state index is 0.160. The molecule has 0 aliphatic carbocycles. The van der Waals surface area contributed by atoms with Gasteiger partial charge in [-0.05, 0) is 18.4 Å². The highest BCUT2D eigenvalue weighted by atomic mass is 32.1. The van der Waals surface area contributed by atoms with E-state index in [4.69, 9.17) is 10.00 Å². The second-order valence-corrected chi connectivity index (χ2v) is 4.79. The molecular weight excluding hydrogens is 278 g/mol. The molecule has 1 aromatic heterocycles. The number of nitrogens with one attached hydrogen (secondary N) is 2. The van der Waals surface area contributed by atoms with Crippen molar-refractivity contribution in [2.75, 3.05) is 25.0 Å². The molecule has 1 aromatic rings. The lowest BCUT2D eigenvalue weighted by Gasteiger charge is -2.05. The highest BCUT2D eigenvalue weighted by Gasteiger charge is 2.08. The molecule has 0 atom stereocenters. The minimum atomic E-state index is -0.248. The fourth-order valence-corrected chi connectivity index (χ4v) is 2.19. The summed E-state index contributed by atoms with van der Waals surface area (Å²) in [5.41, 5.74) is 0.471. The number of anilines is 1. The standard InChI is InChI=1S/C13H17N3O3S/c1-2-19-12(18)4-7-15-6-3-11(17)16-13-10(9-14)5-8-20-13/h5,8,15H,2-4,6-7H2,1H3,(H,16,17). The van der Waals surface area contributed by atoms with Gasteiger partial charge < -0.3 is 15.4 Å². The summed E-state index contributed by atoms with van der Waals surface area (Å²) >= 11 is 1.32. The topological polar surface area (TPSA) is 91.2 Å². The molecule has 0 unspecified atom stereocenters. The van der Waals surface area contributed by atoms with Crippen LogP contribution in [0.5, 0.6) is 0 Å². The number of thiophene rings is 1. The van der Waals surface area contributed by atoms with Crippen molar-refractivity contribution in [1.29, 1.82) is 5.26 Å². The number of nitriles is 1. The first-order chi connectivity index (χ1) is 9.67. The Balaban J connectivity index is 2.15. The Morgan fingerprint density at radius 1 is 1.40 bits per heavy atom. The average Bonchev–Trinajstić information content (AvgIpc) is 2.85. The summed E-state index contributed by atoms with van der Waals surface area (Å²) in [6.07, 6.45) is 0.574. The van der Waals surface area contributed by atoms with Crippen LogP contribution in [0.15, 0.2) is 11.4 Å². The van der Waals surface area contributed by atoms with Gasteiger partial charge in [-0.3, -0.25) is 9.59 Å². The number of hydrogen-bond donors (Lipinski definition) is 2. The molecule has 0 saturated carbocycles. The summed E-state index contributed by atoms with van der Waals surface area (Å²) in [7, 11) is 0. The third kappa shape index (κ3) is 5.82. The van der Waals surface area contributed by atoms with Gasteiger partial charge in [-0.1, -0.05) is 0 Å². The molecule has 1 rings (SSSR count). The van der Waals surface area contributed by atoms with Crippen LogP contribution in [0.2, 0.25) is 0 Å². The first-order valence-electron chi connectivity index (χ1n) is 6.31. The van der Waals surface area contributed by atoms with Gasteiger partial charge in [0.15, 0.2) is 0 Å². The Morgan fingerprint density at radius 3 is 2.85 bits per heavy atom. The van der Waals surface area contributed by atoms with E-state index in [-0.39, 0.29) is 18.3 Å². The Hall–Kier alpha value is -1.91. The third-order valence-electron chi connectivity index (χ3n) is 2.38. The van der Waals surface area contributed by atoms with E-state index in [1.165, 1.54) is 11.3 Å². The lowest BCUT2D eigenvalue weighted by atomic mass is 10.3. The zero-order valence-electron chi connectivity index (χ0n) is 11.3. The quantitative estimate of drug-likeness (QED) is 0.560. The van der Waals surface area contributed by atoms with Gasteiger partial charge >= 0.3 is 5.97 Å². The van der Waals surface area contributed by atoms with Crippen molar-refractivity contribution in [2.24, 2.45) is 0 Å². The van der Waals surface area contributed by atoms with Crippen LogP contribution in [-0.2, 0) is 14.3 Å². The number of rotatable bonds is 8. The Kier molecular flexibility index (Phi) is 7.32. The van der Waals surface area contributed by atoms with Crippen LogP contribution in [-0.4, -0.2) is 31.6 Å².